The van der Waals surface area contributed by atoms with Crippen LogP contribution in [0.25, 0.3) is 0 Å². The van der Waals surface area contributed by atoms with Gasteiger partial charge >= 0.3 is 0 Å². The zero-order valence-corrected chi connectivity index (χ0v) is 6.09. The lowest BCUT2D eigenvalue weighted by Crippen LogP contribution is -2.13. The molecule has 0 bridgehead atoms. The summed E-state index contributed by atoms with van der Waals surface area (Å²) in [7, 11) is 0. The van der Waals surface area contributed by atoms with Gasteiger partial charge in [0, 0.05) is 17.8 Å². The van der Waals surface area contributed by atoms with Crippen LogP contribution in [0.3, 0.4) is 0 Å². The lowest BCUT2D eigenvalue weighted by Gasteiger charge is -2.15. The first-order valence-electron chi connectivity index (χ1n) is 3.71. The van der Waals surface area contributed by atoms with Gasteiger partial charge in [0.2, 0.25) is 5.56 Å². The van der Waals surface area contributed by atoms with Gasteiger partial charge in [-0.25, -0.2) is 0 Å². The molecular weight excluding hydrogens is 142 g/mol. The van der Waals surface area contributed by atoms with Gasteiger partial charge in [-0.15, -0.1) is 0 Å². The van der Waals surface area contributed by atoms with E-state index in [4.69, 9.17) is 4.74 Å². The molecule has 0 radical (unpaired) electrons. The van der Waals surface area contributed by atoms with Crippen molar-refractivity contribution in [2.45, 2.75) is 12.8 Å². The molecule has 0 aromatic carbocycles. The highest BCUT2D eigenvalue weighted by Gasteiger charge is 2.09. The highest BCUT2D eigenvalue weighted by atomic mass is 16.5. The minimum Gasteiger partial charge on any atom is -0.492 e. The number of aryl methyl sites for hydroxylation is 1. The first kappa shape index (κ1) is 6.46. The summed E-state index contributed by atoms with van der Waals surface area (Å²) in [6.45, 7) is 0.763. The molecule has 11 heavy (non-hydrogen) atoms. The molecule has 0 amide bonds. The number of rotatable bonds is 0. The molecule has 0 aliphatic carbocycles. The summed E-state index contributed by atoms with van der Waals surface area (Å²) >= 11 is 0. The Morgan fingerprint density at radius 2 is 2.45 bits per heavy atom. The number of aromatic amines is 1. The van der Waals surface area contributed by atoms with Crippen LogP contribution in [0, 0.1) is 0 Å². The summed E-state index contributed by atoms with van der Waals surface area (Å²) in [5.41, 5.74) is 0.981. The predicted molar refractivity (Wildman–Crippen MR) is 40.9 cm³/mol. The summed E-state index contributed by atoms with van der Waals surface area (Å²) in [6.07, 6.45) is 3.60. The molecule has 0 saturated carbocycles. The Kier molecular flexibility index (Phi) is 1.42. The second kappa shape index (κ2) is 2.42. The van der Waals surface area contributed by atoms with Crippen molar-refractivity contribution >= 4 is 0 Å². The summed E-state index contributed by atoms with van der Waals surface area (Å²) in [5, 5.41) is 0. The van der Waals surface area contributed by atoms with E-state index in [9.17, 15) is 4.79 Å². The normalized spacial score (nSPS) is 15.3. The maximum atomic E-state index is 10.8. The first-order chi connectivity index (χ1) is 5.36. The quantitative estimate of drug-likeness (QED) is 0.593. The van der Waals surface area contributed by atoms with Crippen molar-refractivity contribution in [2.24, 2.45) is 0 Å². The monoisotopic (exact) mass is 151 g/mol. The Labute approximate surface area is 64.0 Å². The van der Waals surface area contributed by atoms with Crippen LogP contribution in [-0.4, -0.2) is 11.6 Å². The fourth-order valence-corrected chi connectivity index (χ4v) is 1.27. The molecule has 0 fully saturated rings. The van der Waals surface area contributed by atoms with Crippen LogP contribution in [0.2, 0.25) is 0 Å². The Bertz CT molecular complexity index is 316. The number of nitrogens with one attached hydrogen (secondary N) is 1. The van der Waals surface area contributed by atoms with Gasteiger partial charge in [-0.05, 0) is 12.8 Å². The number of hydrogen-bond donors (Lipinski definition) is 1. The van der Waals surface area contributed by atoms with E-state index in [-0.39, 0.29) is 5.56 Å². The fraction of sp³-hybridized carbons (Fsp3) is 0.375. The van der Waals surface area contributed by atoms with Gasteiger partial charge in [-0.1, -0.05) is 0 Å². The van der Waals surface area contributed by atoms with E-state index in [1.165, 1.54) is 0 Å². The van der Waals surface area contributed by atoms with Crippen molar-refractivity contribution in [3.63, 3.8) is 0 Å². The third-order valence-corrected chi connectivity index (χ3v) is 1.82. The summed E-state index contributed by atoms with van der Waals surface area (Å²) in [4.78, 5) is 13.4. The molecule has 2 heterocycles. The number of hydrogen-bond acceptors (Lipinski definition) is 2. The third kappa shape index (κ3) is 1.13. The predicted octanol–water partition coefficient (Wildman–Crippen LogP) is 0.700. The Hall–Kier alpha value is -1.25. The van der Waals surface area contributed by atoms with E-state index in [0.717, 1.165) is 30.8 Å². The van der Waals surface area contributed by atoms with Crippen molar-refractivity contribution in [1.82, 2.24) is 4.98 Å². The standard InChI is InChI=1S/C8H9NO2/c10-8-4-6-2-1-3-11-7(6)5-9-8/h4-5H,1-3H2,(H,9,10). The number of pyridine rings is 1. The topological polar surface area (TPSA) is 42.1 Å². The van der Waals surface area contributed by atoms with E-state index in [0.29, 0.717) is 0 Å². The van der Waals surface area contributed by atoms with Crippen LogP contribution in [-0.2, 0) is 6.42 Å². The average molecular weight is 151 g/mol. The molecule has 0 atom stereocenters. The van der Waals surface area contributed by atoms with Gasteiger partial charge in [0.25, 0.3) is 0 Å². The second-order valence-electron chi connectivity index (χ2n) is 2.64. The largest absolute Gasteiger partial charge is 0.492 e. The minimum atomic E-state index is -0.0470. The number of aromatic nitrogens is 1. The molecule has 1 aromatic heterocycles. The number of fused-ring (bicyclic) bond motifs is 1. The van der Waals surface area contributed by atoms with Gasteiger partial charge in [0.1, 0.15) is 5.75 Å². The molecule has 0 unspecified atom stereocenters. The van der Waals surface area contributed by atoms with Crippen LogP contribution in [0.1, 0.15) is 12.0 Å². The van der Waals surface area contributed by atoms with Crippen molar-refractivity contribution in [3.8, 4) is 5.75 Å². The van der Waals surface area contributed by atoms with Crippen LogP contribution >= 0.6 is 0 Å². The maximum absolute atomic E-state index is 10.8. The number of H-pyrrole nitrogens is 1. The Morgan fingerprint density at radius 1 is 1.55 bits per heavy atom. The Morgan fingerprint density at radius 3 is 3.36 bits per heavy atom. The van der Waals surface area contributed by atoms with E-state index >= 15 is 0 Å². The molecule has 1 N–H and O–H groups in total. The van der Waals surface area contributed by atoms with Crippen LogP contribution in [0.4, 0.5) is 0 Å². The van der Waals surface area contributed by atoms with Gasteiger partial charge in [-0.2, -0.15) is 0 Å². The fourth-order valence-electron chi connectivity index (χ4n) is 1.27. The smallest absolute Gasteiger partial charge is 0.248 e. The lowest BCUT2D eigenvalue weighted by molar-refractivity contribution is 0.287. The summed E-state index contributed by atoms with van der Waals surface area (Å²) in [6, 6.07) is 1.61. The van der Waals surface area contributed by atoms with Crippen LogP contribution < -0.4 is 10.3 Å². The first-order valence-corrected chi connectivity index (χ1v) is 3.71. The summed E-state index contributed by atoms with van der Waals surface area (Å²) in [5.74, 6) is 0.829. The molecule has 1 aliphatic rings. The minimum absolute atomic E-state index is 0.0470. The van der Waals surface area contributed by atoms with Crippen molar-refractivity contribution in [2.75, 3.05) is 6.61 Å². The van der Waals surface area contributed by atoms with Crippen LogP contribution in [0.5, 0.6) is 5.75 Å². The van der Waals surface area contributed by atoms with Gasteiger partial charge < -0.3 is 9.72 Å². The van der Waals surface area contributed by atoms with E-state index in [1.54, 1.807) is 12.3 Å². The molecule has 0 saturated heterocycles. The molecule has 0 spiro atoms. The second-order valence-corrected chi connectivity index (χ2v) is 2.64. The maximum Gasteiger partial charge on any atom is 0.248 e. The average Bonchev–Trinajstić information content (AvgIpc) is 2.04. The van der Waals surface area contributed by atoms with E-state index in [1.807, 2.05) is 0 Å². The lowest BCUT2D eigenvalue weighted by atomic mass is 10.1. The molecule has 1 aromatic rings. The Balaban J connectivity index is 2.51. The van der Waals surface area contributed by atoms with Crippen molar-refractivity contribution in [3.05, 3.63) is 28.2 Å². The zero-order chi connectivity index (χ0) is 7.68. The number of ether oxygens (including phenoxy) is 1. The molecule has 3 heteroatoms. The van der Waals surface area contributed by atoms with Crippen molar-refractivity contribution < 1.29 is 4.74 Å². The zero-order valence-electron chi connectivity index (χ0n) is 6.09. The van der Waals surface area contributed by atoms with Crippen molar-refractivity contribution in [1.29, 1.82) is 0 Å². The highest BCUT2D eigenvalue weighted by molar-refractivity contribution is 5.31. The van der Waals surface area contributed by atoms with Gasteiger partial charge in [-0.3, -0.25) is 4.79 Å². The van der Waals surface area contributed by atoms with Crippen LogP contribution in [0.15, 0.2) is 17.1 Å². The van der Waals surface area contributed by atoms with Gasteiger partial charge in [0.05, 0.1) is 6.61 Å². The highest BCUT2D eigenvalue weighted by Crippen LogP contribution is 2.20. The third-order valence-electron chi connectivity index (χ3n) is 1.82. The molecule has 3 nitrogen and oxygen atoms in total. The summed E-state index contributed by atoms with van der Waals surface area (Å²) < 4.78 is 5.31. The molecular formula is C8H9NO2. The SMILES string of the molecule is O=c1cc2c(c[nH]1)OCCC2. The molecule has 2 rings (SSSR count). The molecule has 1 aliphatic heterocycles. The van der Waals surface area contributed by atoms with E-state index < -0.39 is 0 Å². The van der Waals surface area contributed by atoms with E-state index in [2.05, 4.69) is 4.98 Å². The molecule has 58 valence electrons. The van der Waals surface area contributed by atoms with Gasteiger partial charge in [0.15, 0.2) is 0 Å².